The monoisotopic (exact) mass is 462 g/mol. The van der Waals surface area contributed by atoms with Gasteiger partial charge in [0.2, 0.25) is 0 Å². The lowest BCUT2D eigenvalue weighted by atomic mass is 9.98. The summed E-state index contributed by atoms with van der Waals surface area (Å²) in [5.41, 5.74) is 5.98. The van der Waals surface area contributed by atoms with Crippen molar-refractivity contribution in [2.75, 3.05) is 10.9 Å². The molecule has 7 heteroatoms. The summed E-state index contributed by atoms with van der Waals surface area (Å²) in [4.78, 5) is 39.1. The average Bonchev–Trinajstić information content (AvgIpc) is 3.13. The van der Waals surface area contributed by atoms with Crippen molar-refractivity contribution >= 4 is 43.7 Å². The first kappa shape index (κ1) is 20.7. The van der Waals surface area contributed by atoms with E-state index in [-0.39, 0.29) is 49.9 Å². The Labute approximate surface area is 197 Å². The van der Waals surface area contributed by atoms with Gasteiger partial charge in [-0.25, -0.2) is 0 Å². The Hall–Kier alpha value is -4.91. The largest absolute Gasteiger partial charge is 0.506 e. The van der Waals surface area contributed by atoms with E-state index >= 15 is 0 Å². The van der Waals surface area contributed by atoms with Crippen molar-refractivity contribution in [2.24, 2.45) is 0 Å². The molecular weight excluding hydrogens is 444 g/mol. The van der Waals surface area contributed by atoms with Crippen molar-refractivity contribution in [1.29, 1.82) is 0 Å². The van der Waals surface area contributed by atoms with Crippen molar-refractivity contribution in [1.82, 2.24) is 0 Å². The van der Waals surface area contributed by atoms with Gasteiger partial charge in [-0.15, -0.1) is 0 Å². The molecule has 4 aromatic rings. The molecule has 0 bridgehead atoms. The quantitative estimate of drug-likeness (QED) is 0.228. The second-order valence-corrected chi connectivity index (χ2v) is 8.60. The van der Waals surface area contributed by atoms with Gasteiger partial charge in [-0.3, -0.25) is 25.2 Å². The molecule has 0 aliphatic heterocycles. The molecule has 170 valence electrons. The minimum Gasteiger partial charge on any atom is -0.506 e. The predicted molar refractivity (Wildman–Crippen MR) is 139 cm³/mol. The smallest absolute Gasteiger partial charge is 0.195 e. The Morgan fingerprint density at radius 2 is 1.46 bits per heavy atom. The van der Waals surface area contributed by atoms with Gasteiger partial charge in [0.1, 0.15) is 22.9 Å². The number of nitrogens with one attached hydrogen (secondary N) is 2. The molecule has 0 saturated heterocycles. The molecule has 0 spiro atoms. The van der Waals surface area contributed by atoms with Crippen LogP contribution in [0.2, 0.25) is 0 Å². The fourth-order valence-electron chi connectivity index (χ4n) is 4.93. The molecule has 6 rings (SSSR count). The van der Waals surface area contributed by atoms with Gasteiger partial charge in [-0.2, -0.15) is 0 Å². The Balaban J connectivity index is 1.68. The van der Waals surface area contributed by atoms with E-state index in [1.54, 1.807) is 25.1 Å². The number of rotatable bonds is 3. The SMILES string of the molecule is Cc1cc(=O)c2c(c1)c(NNc1c(O)ccc3ccccc13)c(O)c1c3c(=O)cccc-3c(=O)c12. The van der Waals surface area contributed by atoms with Gasteiger partial charge in [0, 0.05) is 38.1 Å². The number of fused-ring (bicyclic) bond motifs is 6. The van der Waals surface area contributed by atoms with Gasteiger partial charge in [0.15, 0.2) is 16.3 Å². The normalized spacial score (nSPS) is 11.6. The third-order valence-corrected chi connectivity index (χ3v) is 6.46. The molecule has 0 atom stereocenters. The molecule has 0 amide bonds. The molecule has 0 fully saturated rings. The number of benzene rings is 5. The number of anilines is 2. The van der Waals surface area contributed by atoms with Gasteiger partial charge >= 0.3 is 0 Å². The van der Waals surface area contributed by atoms with Crippen LogP contribution in [0.5, 0.6) is 11.5 Å². The van der Waals surface area contributed by atoms with Crippen LogP contribution >= 0.6 is 0 Å². The van der Waals surface area contributed by atoms with Crippen LogP contribution in [0.3, 0.4) is 0 Å². The Kier molecular flexibility index (Phi) is 4.31. The van der Waals surface area contributed by atoms with Gasteiger partial charge in [-0.05, 0) is 42.1 Å². The zero-order valence-electron chi connectivity index (χ0n) is 18.5. The highest BCUT2D eigenvalue weighted by Crippen LogP contribution is 2.44. The first-order chi connectivity index (χ1) is 16.9. The predicted octanol–water partition coefficient (Wildman–Crippen LogP) is 4.37. The van der Waals surface area contributed by atoms with E-state index in [0.29, 0.717) is 16.6 Å². The van der Waals surface area contributed by atoms with E-state index in [4.69, 9.17) is 0 Å². The van der Waals surface area contributed by atoms with E-state index in [9.17, 15) is 24.6 Å². The third kappa shape index (κ3) is 2.88. The van der Waals surface area contributed by atoms with Crippen LogP contribution in [-0.4, -0.2) is 10.2 Å². The molecule has 4 N–H and O–H groups in total. The number of hydrazine groups is 1. The molecule has 2 aliphatic carbocycles. The van der Waals surface area contributed by atoms with Crippen LogP contribution in [0.15, 0.2) is 81.1 Å². The zero-order chi connectivity index (χ0) is 24.4. The fourth-order valence-corrected chi connectivity index (χ4v) is 4.93. The summed E-state index contributed by atoms with van der Waals surface area (Å²) in [6.45, 7) is 1.74. The molecule has 0 radical (unpaired) electrons. The number of hydrogen-bond donors (Lipinski definition) is 4. The summed E-state index contributed by atoms with van der Waals surface area (Å²) in [5.74, 6) is -0.357. The topological polar surface area (TPSA) is 116 Å². The third-order valence-electron chi connectivity index (χ3n) is 6.46. The van der Waals surface area contributed by atoms with Gasteiger partial charge in [-0.1, -0.05) is 42.5 Å². The zero-order valence-corrected chi connectivity index (χ0v) is 18.5. The van der Waals surface area contributed by atoms with E-state index in [2.05, 4.69) is 10.9 Å². The highest BCUT2D eigenvalue weighted by atomic mass is 16.3. The van der Waals surface area contributed by atoms with Gasteiger partial charge in [0.25, 0.3) is 0 Å². The summed E-state index contributed by atoms with van der Waals surface area (Å²) < 4.78 is 0. The first-order valence-corrected chi connectivity index (χ1v) is 10.9. The highest BCUT2D eigenvalue weighted by Gasteiger charge is 2.27. The summed E-state index contributed by atoms with van der Waals surface area (Å²) in [7, 11) is 0. The Morgan fingerprint density at radius 1 is 0.686 bits per heavy atom. The minimum atomic E-state index is -0.472. The number of aryl methyl sites for hydroxylation is 1. The van der Waals surface area contributed by atoms with Crippen LogP contribution in [0.25, 0.3) is 43.4 Å². The molecule has 4 aromatic carbocycles. The second-order valence-electron chi connectivity index (χ2n) is 8.60. The first-order valence-electron chi connectivity index (χ1n) is 10.9. The minimum absolute atomic E-state index is 0.0239. The standard InChI is InChI=1S/C28H18N2O5/c1-13-11-17-22(20(33)12-13)23-24(21-16(27(23)34)7-4-8-18(21)31)28(35)26(17)30-29-25-15-6-3-2-5-14(15)9-10-19(25)32/h2-12,29-30,32,35H,1H3. The van der Waals surface area contributed by atoms with Crippen LogP contribution < -0.4 is 27.1 Å². The average molecular weight is 462 g/mol. The van der Waals surface area contributed by atoms with Gasteiger partial charge in [0.05, 0.1) is 0 Å². The van der Waals surface area contributed by atoms with Crippen molar-refractivity contribution < 1.29 is 10.2 Å². The molecule has 0 saturated carbocycles. The maximum Gasteiger partial charge on any atom is 0.195 e. The molecule has 7 nitrogen and oxygen atoms in total. The van der Waals surface area contributed by atoms with Crippen molar-refractivity contribution in [3.63, 3.8) is 0 Å². The molecular formula is C28H18N2O5. The number of phenolic OH excluding ortho intramolecular Hbond substituents is 2. The maximum absolute atomic E-state index is 13.3. The number of phenols is 2. The number of aromatic hydroxyl groups is 2. The van der Waals surface area contributed by atoms with Crippen LogP contribution in [0, 0.1) is 6.92 Å². The van der Waals surface area contributed by atoms with E-state index in [0.717, 1.165) is 10.8 Å². The lowest BCUT2D eigenvalue weighted by Gasteiger charge is -2.17. The Morgan fingerprint density at radius 3 is 2.29 bits per heavy atom. The molecule has 0 heterocycles. The lowest BCUT2D eigenvalue weighted by Crippen LogP contribution is -2.12. The molecule has 0 unspecified atom stereocenters. The Bertz CT molecular complexity index is 1950. The van der Waals surface area contributed by atoms with Crippen molar-refractivity contribution in [3.8, 4) is 22.6 Å². The van der Waals surface area contributed by atoms with Gasteiger partial charge < -0.3 is 10.2 Å². The van der Waals surface area contributed by atoms with Crippen molar-refractivity contribution in [3.05, 3.63) is 103 Å². The fraction of sp³-hybridized carbons (Fsp3) is 0.0357. The molecule has 0 aromatic heterocycles. The van der Waals surface area contributed by atoms with E-state index in [1.165, 1.54) is 24.3 Å². The summed E-state index contributed by atoms with van der Waals surface area (Å²) in [6.07, 6.45) is 0. The number of hydrogen-bond acceptors (Lipinski definition) is 7. The summed E-state index contributed by atoms with van der Waals surface area (Å²) in [6, 6.07) is 18.2. The molecule has 35 heavy (non-hydrogen) atoms. The van der Waals surface area contributed by atoms with Crippen LogP contribution in [0.1, 0.15) is 5.56 Å². The molecule has 2 aliphatic rings. The summed E-state index contributed by atoms with van der Waals surface area (Å²) >= 11 is 0. The maximum atomic E-state index is 13.3. The van der Waals surface area contributed by atoms with Crippen molar-refractivity contribution in [2.45, 2.75) is 6.92 Å². The summed E-state index contributed by atoms with van der Waals surface area (Å²) in [5, 5.41) is 24.0. The van der Waals surface area contributed by atoms with E-state index in [1.807, 2.05) is 24.3 Å². The van der Waals surface area contributed by atoms with E-state index < -0.39 is 10.9 Å². The second kappa shape index (κ2) is 7.30. The lowest BCUT2D eigenvalue weighted by molar-refractivity contribution is 0.477. The highest BCUT2D eigenvalue weighted by molar-refractivity contribution is 6.22. The van der Waals surface area contributed by atoms with Crippen LogP contribution in [-0.2, 0) is 0 Å². The van der Waals surface area contributed by atoms with Crippen LogP contribution in [0.4, 0.5) is 11.4 Å².